The minimum atomic E-state index is 0.175. The number of rotatable bonds is 6. The third-order valence-electron chi connectivity index (χ3n) is 5.62. The van der Waals surface area contributed by atoms with E-state index in [2.05, 4.69) is 31.2 Å². The van der Waals surface area contributed by atoms with E-state index in [0.29, 0.717) is 5.75 Å². The predicted molar refractivity (Wildman–Crippen MR) is 129 cm³/mol. The van der Waals surface area contributed by atoms with Gasteiger partial charge in [-0.3, -0.25) is 0 Å². The molecular weight excluding hydrogens is 400 g/mol. The number of benzene rings is 4. The number of methoxy groups -OCH3 is 3. The Labute approximate surface area is 188 Å². The molecule has 0 heterocycles. The van der Waals surface area contributed by atoms with E-state index in [4.69, 9.17) is 14.2 Å². The van der Waals surface area contributed by atoms with Crippen molar-refractivity contribution in [2.24, 2.45) is 0 Å². The fraction of sp³-hybridized carbons (Fsp3) is 0.143. The third-order valence-corrected chi connectivity index (χ3v) is 5.62. The van der Waals surface area contributed by atoms with Gasteiger partial charge in [0.05, 0.1) is 21.3 Å². The lowest BCUT2D eigenvalue weighted by molar-refractivity contribution is 0.408. The lowest BCUT2D eigenvalue weighted by Crippen LogP contribution is -1.91. The van der Waals surface area contributed by atoms with Crippen molar-refractivity contribution in [1.82, 2.24) is 0 Å². The molecule has 4 aromatic carbocycles. The Bertz CT molecular complexity index is 1170. The van der Waals surface area contributed by atoms with Crippen LogP contribution in [0.4, 0.5) is 0 Å². The minimum absolute atomic E-state index is 0.175. The normalized spacial score (nSPS) is 10.6. The molecule has 4 aromatic rings. The van der Waals surface area contributed by atoms with E-state index in [1.54, 1.807) is 27.4 Å². The molecule has 0 aliphatic heterocycles. The maximum absolute atomic E-state index is 10.7. The molecule has 4 rings (SSSR count). The zero-order valence-electron chi connectivity index (χ0n) is 18.7. The Kier molecular flexibility index (Phi) is 6.04. The first kappa shape index (κ1) is 21.3. The van der Waals surface area contributed by atoms with E-state index < -0.39 is 0 Å². The SMILES string of the molecule is COc1ccc(-c2cc(-c3ccc(OC)cc3C)cc(-c3ccc(OC)cc3O)c2)cc1. The Morgan fingerprint density at radius 3 is 1.56 bits per heavy atom. The summed E-state index contributed by atoms with van der Waals surface area (Å²) in [5.74, 6) is 2.42. The standard InChI is InChI=1S/C28H26O4/c1-18-13-24(31-3)9-11-26(18)21-14-20(19-5-7-23(30-2)8-6-19)15-22(16-21)27-12-10-25(32-4)17-28(27)29/h5-17,29H,1-4H3. The van der Waals surface area contributed by atoms with Gasteiger partial charge in [-0.15, -0.1) is 0 Å². The maximum atomic E-state index is 10.7. The van der Waals surface area contributed by atoms with Gasteiger partial charge in [-0.25, -0.2) is 0 Å². The van der Waals surface area contributed by atoms with Gasteiger partial charge in [0.25, 0.3) is 0 Å². The summed E-state index contributed by atoms with van der Waals surface area (Å²) in [5, 5.41) is 10.7. The number of hydrogen-bond donors (Lipinski definition) is 1. The van der Waals surface area contributed by atoms with Crippen LogP contribution in [0, 0.1) is 6.92 Å². The molecule has 0 spiro atoms. The molecule has 0 bridgehead atoms. The van der Waals surface area contributed by atoms with Crippen LogP contribution >= 0.6 is 0 Å². The van der Waals surface area contributed by atoms with Crippen LogP contribution in [0.1, 0.15) is 5.56 Å². The van der Waals surface area contributed by atoms with Crippen LogP contribution in [-0.4, -0.2) is 26.4 Å². The average Bonchev–Trinajstić information content (AvgIpc) is 2.83. The number of aryl methyl sites for hydroxylation is 1. The van der Waals surface area contributed by atoms with Crippen molar-refractivity contribution < 1.29 is 19.3 Å². The maximum Gasteiger partial charge on any atom is 0.127 e. The number of aromatic hydroxyl groups is 1. The molecule has 1 N–H and O–H groups in total. The summed E-state index contributed by atoms with van der Waals surface area (Å²) in [4.78, 5) is 0. The quantitative estimate of drug-likeness (QED) is 0.371. The second kappa shape index (κ2) is 9.06. The molecule has 0 radical (unpaired) electrons. The molecule has 4 heteroatoms. The van der Waals surface area contributed by atoms with Crippen LogP contribution in [0.3, 0.4) is 0 Å². The molecule has 4 nitrogen and oxygen atoms in total. The highest BCUT2D eigenvalue weighted by Crippen LogP contribution is 2.39. The summed E-state index contributed by atoms with van der Waals surface area (Å²) in [7, 11) is 4.92. The van der Waals surface area contributed by atoms with Gasteiger partial charge in [0.2, 0.25) is 0 Å². The summed E-state index contributed by atoms with van der Waals surface area (Å²) in [6.45, 7) is 2.07. The average molecular weight is 427 g/mol. The van der Waals surface area contributed by atoms with Gasteiger partial charge in [0, 0.05) is 11.6 Å². The van der Waals surface area contributed by atoms with Gasteiger partial charge in [-0.2, -0.15) is 0 Å². The summed E-state index contributed by atoms with van der Waals surface area (Å²) in [6.07, 6.45) is 0. The zero-order valence-corrected chi connectivity index (χ0v) is 18.7. The topological polar surface area (TPSA) is 47.9 Å². The second-order valence-electron chi connectivity index (χ2n) is 7.59. The highest BCUT2D eigenvalue weighted by molar-refractivity contribution is 5.84. The molecule has 0 saturated carbocycles. The highest BCUT2D eigenvalue weighted by Gasteiger charge is 2.13. The zero-order chi connectivity index (χ0) is 22.7. The van der Waals surface area contributed by atoms with E-state index in [0.717, 1.165) is 50.4 Å². The molecule has 0 aliphatic carbocycles. The van der Waals surface area contributed by atoms with Crippen molar-refractivity contribution in [2.75, 3.05) is 21.3 Å². The Morgan fingerprint density at radius 2 is 1.00 bits per heavy atom. The van der Waals surface area contributed by atoms with Crippen molar-refractivity contribution in [2.45, 2.75) is 6.92 Å². The number of phenolic OH excluding ortho intramolecular Hbond substituents is 1. The van der Waals surface area contributed by atoms with E-state index in [-0.39, 0.29) is 5.75 Å². The van der Waals surface area contributed by atoms with Crippen LogP contribution in [0.2, 0.25) is 0 Å². The molecule has 0 aromatic heterocycles. The number of phenols is 1. The van der Waals surface area contributed by atoms with Crippen molar-refractivity contribution in [3.63, 3.8) is 0 Å². The lowest BCUT2D eigenvalue weighted by Gasteiger charge is -2.15. The smallest absolute Gasteiger partial charge is 0.127 e. The molecule has 0 saturated heterocycles. The van der Waals surface area contributed by atoms with Crippen molar-refractivity contribution >= 4 is 0 Å². The van der Waals surface area contributed by atoms with Crippen molar-refractivity contribution in [3.8, 4) is 56.4 Å². The number of ether oxygens (including phenoxy) is 3. The van der Waals surface area contributed by atoms with E-state index in [1.807, 2.05) is 48.5 Å². The van der Waals surface area contributed by atoms with Crippen molar-refractivity contribution in [1.29, 1.82) is 0 Å². The van der Waals surface area contributed by atoms with Gasteiger partial charge in [-0.05, 0) is 94.9 Å². The summed E-state index contributed by atoms with van der Waals surface area (Å²) >= 11 is 0. The highest BCUT2D eigenvalue weighted by atomic mass is 16.5. The van der Waals surface area contributed by atoms with Crippen LogP contribution in [0.15, 0.2) is 78.9 Å². The van der Waals surface area contributed by atoms with Crippen LogP contribution in [0.25, 0.3) is 33.4 Å². The largest absolute Gasteiger partial charge is 0.507 e. The van der Waals surface area contributed by atoms with Crippen LogP contribution in [0.5, 0.6) is 23.0 Å². The molecule has 0 atom stereocenters. The van der Waals surface area contributed by atoms with Gasteiger partial charge >= 0.3 is 0 Å². The second-order valence-corrected chi connectivity index (χ2v) is 7.59. The lowest BCUT2D eigenvalue weighted by atomic mass is 9.91. The van der Waals surface area contributed by atoms with Crippen LogP contribution < -0.4 is 14.2 Å². The van der Waals surface area contributed by atoms with Gasteiger partial charge in [0.15, 0.2) is 0 Å². The molecule has 0 unspecified atom stereocenters. The minimum Gasteiger partial charge on any atom is -0.507 e. The summed E-state index contributed by atoms with van der Waals surface area (Å²) in [6, 6.07) is 25.8. The first-order chi connectivity index (χ1) is 15.5. The Balaban J connectivity index is 1.90. The predicted octanol–water partition coefficient (Wildman–Crippen LogP) is 6.73. The first-order valence-electron chi connectivity index (χ1n) is 10.3. The third kappa shape index (κ3) is 4.26. The molecule has 0 aliphatic rings. The Morgan fingerprint density at radius 1 is 0.500 bits per heavy atom. The summed E-state index contributed by atoms with van der Waals surface area (Å²) < 4.78 is 15.9. The molecular formula is C28H26O4. The fourth-order valence-corrected chi connectivity index (χ4v) is 3.86. The fourth-order valence-electron chi connectivity index (χ4n) is 3.86. The molecule has 0 fully saturated rings. The number of hydrogen-bond acceptors (Lipinski definition) is 4. The van der Waals surface area contributed by atoms with Crippen LogP contribution in [-0.2, 0) is 0 Å². The van der Waals surface area contributed by atoms with E-state index in [9.17, 15) is 5.11 Å². The molecule has 32 heavy (non-hydrogen) atoms. The van der Waals surface area contributed by atoms with E-state index in [1.165, 1.54) is 0 Å². The molecule has 162 valence electrons. The van der Waals surface area contributed by atoms with Gasteiger partial charge in [-0.1, -0.05) is 18.2 Å². The Hall–Kier alpha value is -3.92. The first-order valence-corrected chi connectivity index (χ1v) is 10.3. The molecule has 0 amide bonds. The van der Waals surface area contributed by atoms with Crippen molar-refractivity contribution in [3.05, 3.63) is 84.4 Å². The van der Waals surface area contributed by atoms with Gasteiger partial charge < -0.3 is 19.3 Å². The summed E-state index contributed by atoms with van der Waals surface area (Å²) in [5.41, 5.74) is 7.05. The van der Waals surface area contributed by atoms with E-state index >= 15 is 0 Å². The van der Waals surface area contributed by atoms with Gasteiger partial charge in [0.1, 0.15) is 23.0 Å². The monoisotopic (exact) mass is 426 g/mol.